The number of hydrogen-bond donors (Lipinski definition) is 0. The van der Waals surface area contributed by atoms with Crippen molar-refractivity contribution in [1.29, 1.82) is 0 Å². The van der Waals surface area contributed by atoms with Crippen LogP contribution in [0.3, 0.4) is 0 Å². The molecule has 0 spiro atoms. The zero-order chi connectivity index (χ0) is 14.8. The second-order valence-corrected chi connectivity index (χ2v) is 7.53. The number of amides is 1. The number of halogens is 2. The second kappa shape index (κ2) is 6.70. The summed E-state index contributed by atoms with van der Waals surface area (Å²) in [4.78, 5) is 15.0. The maximum atomic E-state index is 12.9. The Morgan fingerprint density at radius 2 is 1.90 bits per heavy atom. The number of benzene rings is 1. The van der Waals surface area contributed by atoms with E-state index in [1.165, 1.54) is 32.1 Å². The topological polar surface area (TPSA) is 20.3 Å². The van der Waals surface area contributed by atoms with Gasteiger partial charge in [0.1, 0.15) is 0 Å². The van der Waals surface area contributed by atoms with Gasteiger partial charge in [0, 0.05) is 17.1 Å². The van der Waals surface area contributed by atoms with E-state index in [-0.39, 0.29) is 5.91 Å². The van der Waals surface area contributed by atoms with Crippen LogP contribution in [0.1, 0.15) is 55.3 Å². The molecule has 2 aliphatic rings. The predicted octanol–water partition coefficient (Wildman–Crippen LogP) is 5.29. The Bertz CT molecular complexity index is 524. The zero-order valence-corrected chi connectivity index (χ0v) is 14.5. The molecule has 2 saturated carbocycles. The SMILES string of the molecule is O=C(c1cccc(Br)c1Cl)N(CC1CCCCC1)C1CC1. The molecule has 2 nitrogen and oxygen atoms in total. The maximum Gasteiger partial charge on any atom is 0.255 e. The Morgan fingerprint density at radius 1 is 1.19 bits per heavy atom. The summed E-state index contributed by atoms with van der Waals surface area (Å²) in [6.45, 7) is 0.909. The van der Waals surface area contributed by atoms with Crippen molar-refractivity contribution in [1.82, 2.24) is 4.90 Å². The fourth-order valence-corrected chi connectivity index (χ4v) is 3.83. The Kier molecular flexibility index (Phi) is 4.90. The van der Waals surface area contributed by atoms with Gasteiger partial charge in [-0.05, 0) is 59.7 Å². The van der Waals surface area contributed by atoms with Gasteiger partial charge in [-0.15, -0.1) is 0 Å². The third kappa shape index (κ3) is 3.62. The Balaban J connectivity index is 1.76. The van der Waals surface area contributed by atoms with Gasteiger partial charge in [0.25, 0.3) is 5.91 Å². The summed E-state index contributed by atoms with van der Waals surface area (Å²) in [6.07, 6.45) is 8.80. The number of rotatable bonds is 4. The van der Waals surface area contributed by atoms with Crippen LogP contribution in [0.4, 0.5) is 0 Å². The van der Waals surface area contributed by atoms with E-state index in [0.29, 0.717) is 22.5 Å². The minimum atomic E-state index is 0.106. The van der Waals surface area contributed by atoms with Crippen molar-refractivity contribution in [2.75, 3.05) is 6.54 Å². The van der Waals surface area contributed by atoms with Gasteiger partial charge in [-0.25, -0.2) is 0 Å². The van der Waals surface area contributed by atoms with Crippen LogP contribution in [0.5, 0.6) is 0 Å². The zero-order valence-electron chi connectivity index (χ0n) is 12.2. The highest BCUT2D eigenvalue weighted by atomic mass is 79.9. The molecule has 1 aromatic rings. The highest BCUT2D eigenvalue weighted by molar-refractivity contribution is 9.10. The summed E-state index contributed by atoms with van der Waals surface area (Å²) in [6, 6.07) is 6.04. The number of carbonyl (C=O) groups is 1. The summed E-state index contributed by atoms with van der Waals surface area (Å²) < 4.78 is 0.795. The summed E-state index contributed by atoms with van der Waals surface area (Å²) in [5.41, 5.74) is 0.633. The maximum absolute atomic E-state index is 12.9. The molecule has 2 aliphatic carbocycles. The van der Waals surface area contributed by atoms with Crippen LogP contribution in [0.25, 0.3) is 0 Å². The summed E-state index contributed by atoms with van der Waals surface area (Å²) in [5.74, 6) is 0.781. The Labute approximate surface area is 140 Å². The van der Waals surface area contributed by atoms with Gasteiger partial charge >= 0.3 is 0 Å². The van der Waals surface area contributed by atoms with Crippen LogP contribution in [-0.2, 0) is 0 Å². The lowest BCUT2D eigenvalue weighted by molar-refractivity contribution is 0.0699. The fourth-order valence-electron chi connectivity index (χ4n) is 3.26. The predicted molar refractivity (Wildman–Crippen MR) is 89.8 cm³/mol. The summed E-state index contributed by atoms with van der Waals surface area (Å²) in [7, 11) is 0. The lowest BCUT2D eigenvalue weighted by Gasteiger charge is -2.30. The first kappa shape index (κ1) is 15.4. The number of carbonyl (C=O) groups excluding carboxylic acids is 1. The average molecular weight is 371 g/mol. The molecule has 4 heteroatoms. The Morgan fingerprint density at radius 3 is 2.57 bits per heavy atom. The first-order chi connectivity index (χ1) is 10.2. The van der Waals surface area contributed by atoms with E-state index in [2.05, 4.69) is 20.8 Å². The van der Waals surface area contributed by atoms with Crippen LogP contribution < -0.4 is 0 Å². The summed E-state index contributed by atoms with van der Waals surface area (Å²) in [5, 5.41) is 0.539. The smallest absolute Gasteiger partial charge is 0.255 e. The second-order valence-electron chi connectivity index (χ2n) is 6.29. The first-order valence-electron chi connectivity index (χ1n) is 7.92. The Hall–Kier alpha value is -0.540. The molecule has 114 valence electrons. The van der Waals surface area contributed by atoms with Gasteiger partial charge < -0.3 is 4.90 Å². The van der Waals surface area contributed by atoms with E-state index < -0.39 is 0 Å². The first-order valence-corrected chi connectivity index (χ1v) is 9.09. The van der Waals surface area contributed by atoms with Crippen molar-refractivity contribution in [3.05, 3.63) is 33.3 Å². The lowest BCUT2D eigenvalue weighted by atomic mass is 9.89. The van der Waals surface area contributed by atoms with Gasteiger partial charge in [-0.3, -0.25) is 4.79 Å². The van der Waals surface area contributed by atoms with Gasteiger partial charge in [0.2, 0.25) is 0 Å². The van der Waals surface area contributed by atoms with Crippen molar-refractivity contribution in [3.8, 4) is 0 Å². The minimum absolute atomic E-state index is 0.106. The summed E-state index contributed by atoms with van der Waals surface area (Å²) >= 11 is 9.72. The monoisotopic (exact) mass is 369 g/mol. The van der Waals surface area contributed by atoms with Gasteiger partial charge in [-0.1, -0.05) is 36.9 Å². The van der Waals surface area contributed by atoms with E-state index >= 15 is 0 Å². The van der Waals surface area contributed by atoms with Crippen LogP contribution in [-0.4, -0.2) is 23.4 Å². The molecule has 0 unspecified atom stereocenters. The molecule has 1 aromatic carbocycles. The fraction of sp³-hybridized carbons (Fsp3) is 0.588. The molecule has 0 N–H and O–H groups in total. The van der Waals surface area contributed by atoms with Crippen molar-refractivity contribution >= 4 is 33.4 Å². The molecule has 0 aliphatic heterocycles. The number of hydrogen-bond acceptors (Lipinski definition) is 1. The van der Waals surface area contributed by atoms with E-state index in [4.69, 9.17) is 11.6 Å². The molecule has 0 bridgehead atoms. The molecule has 0 heterocycles. The van der Waals surface area contributed by atoms with E-state index in [0.717, 1.165) is 23.9 Å². The van der Waals surface area contributed by atoms with Crippen LogP contribution >= 0.6 is 27.5 Å². The van der Waals surface area contributed by atoms with Crippen LogP contribution in [0.15, 0.2) is 22.7 Å². The van der Waals surface area contributed by atoms with Gasteiger partial charge in [0.15, 0.2) is 0 Å². The molecule has 2 fully saturated rings. The van der Waals surface area contributed by atoms with Gasteiger partial charge in [-0.2, -0.15) is 0 Å². The number of nitrogens with zero attached hydrogens (tertiary/aromatic N) is 1. The lowest BCUT2D eigenvalue weighted by Crippen LogP contribution is -2.38. The molecule has 1 amide bonds. The van der Waals surface area contributed by atoms with E-state index in [1.54, 1.807) is 0 Å². The minimum Gasteiger partial charge on any atom is -0.335 e. The standard InChI is InChI=1S/C17H21BrClNO/c18-15-8-4-7-14(16(15)19)17(21)20(13-9-10-13)11-12-5-2-1-3-6-12/h4,7-8,12-13H,1-3,5-6,9-11H2. The average Bonchev–Trinajstić information content (AvgIpc) is 3.33. The van der Waals surface area contributed by atoms with Crippen molar-refractivity contribution in [2.24, 2.45) is 5.92 Å². The molecule has 0 saturated heterocycles. The molecule has 21 heavy (non-hydrogen) atoms. The molecular weight excluding hydrogens is 350 g/mol. The van der Waals surface area contributed by atoms with E-state index in [9.17, 15) is 4.79 Å². The van der Waals surface area contributed by atoms with Crippen LogP contribution in [0, 0.1) is 5.92 Å². The highest BCUT2D eigenvalue weighted by Gasteiger charge is 2.35. The van der Waals surface area contributed by atoms with Gasteiger partial charge in [0.05, 0.1) is 10.6 Å². The molecule has 0 radical (unpaired) electrons. The third-order valence-corrected chi connectivity index (χ3v) is 5.91. The highest BCUT2D eigenvalue weighted by Crippen LogP contribution is 2.34. The molecule has 0 atom stereocenters. The third-order valence-electron chi connectivity index (χ3n) is 4.61. The molecule has 3 rings (SSSR count). The molecule has 0 aromatic heterocycles. The van der Waals surface area contributed by atoms with Crippen molar-refractivity contribution in [3.63, 3.8) is 0 Å². The van der Waals surface area contributed by atoms with Crippen molar-refractivity contribution in [2.45, 2.75) is 51.0 Å². The quantitative estimate of drug-likeness (QED) is 0.705. The van der Waals surface area contributed by atoms with Crippen molar-refractivity contribution < 1.29 is 4.79 Å². The molecular formula is C17H21BrClNO. The largest absolute Gasteiger partial charge is 0.335 e. The van der Waals surface area contributed by atoms with E-state index in [1.807, 2.05) is 18.2 Å². The normalized spacial score (nSPS) is 19.5. The van der Waals surface area contributed by atoms with Crippen LogP contribution in [0.2, 0.25) is 5.02 Å².